The largest absolute Gasteiger partial charge is 0.334 e. The third-order valence-electron chi connectivity index (χ3n) is 4.50. The molecule has 8 heteroatoms. The molecule has 28 heavy (non-hydrogen) atoms. The lowest BCUT2D eigenvalue weighted by molar-refractivity contribution is -0.115. The van der Waals surface area contributed by atoms with Gasteiger partial charge in [-0.3, -0.25) is 9.20 Å². The molecule has 0 saturated carbocycles. The summed E-state index contributed by atoms with van der Waals surface area (Å²) in [5.74, 6) is 1.52. The van der Waals surface area contributed by atoms with Crippen molar-refractivity contribution in [3.8, 4) is 11.5 Å². The van der Waals surface area contributed by atoms with Crippen molar-refractivity contribution in [3.63, 3.8) is 0 Å². The number of hydrogen-bond acceptors (Lipinski definition) is 6. The molecule has 1 aromatic carbocycles. The van der Waals surface area contributed by atoms with E-state index < -0.39 is 0 Å². The van der Waals surface area contributed by atoms with Gasteiger partial charge in [-0.25, -0.2) is 0 Å². The van der Waals surface area contributed by atoms with E-state index in [4.69, 9.17) is 4.52 Å². The highest BCUT2D eigenvalue weighted by Gasteiger charge is 2.14. The van der Waals surface area contributed by atoms with Gasteiger partial charge in [-0.2, -0.15) is 4.98 Å². The van der Waals surface area contributed by atoms with Gasteiger partial charge in [0.25, 0.3) is 5.89 Å². The maximum atomic E-state index is 12.5. The molecule has 0 aliphatic carbocycles. The quantitative estimate of drug-likeness (QED) is 0.555. The molecule has 0 atom stereocenters. The Labute approximate surface area is 161 Å². The smallest absolute Gasteiger partial charge is 0.258 e. The van der Waals surface area contributed by atoms with Crippen molar-refractivity contribution in [1.82, 2.24) is 24.7 Å². The Kier molecular flexibility index (Phi) is 4.84. The minimum atomic E-state index is -0.135. The molecule has 3 aromatic heterocycles. The normalized spacial score (nSPS) is 11.1. The number of para-hydroxylation sites is 1. The average molecular weight is 376 g/mol. The summed E-state index contributed by atoms with van der Waals surface area (Å²) in [4.78, 5) is 16.8. The number of aromatic nitrogens is 5. The number of amides is 1. The molecule has 142 valence electrons. The molecule has 1 amide bonds. The number of fused-ring (bicyclic) bond motifs is 1. The Hall–Kier alpha value is -3.55. The maximum Gasteiger partial charge on any atom is 0.258 e. The van der Waals surface area contributed by atoms with E-state index >= 15 is 0 Å². The second-order valence-electron chi connectivity index (χ2n) is 6.36. The molecule has 0 radical (unpaired) electrons. The van der Waals surface area contributed by atoms with Crippen molar-refractivity contribution >= 4 is 17.2 Å². The van der Waals surface area contributed by atoms with Gasteiger partial charge in [0.2, 0.25) is 5.91 Å². The lowest BCUT2D eigenvalue weighted by Gasteiger charge is -2.09. The Bertz CT molecular complexity index is 1130. The Morgan fingerprint density at radius 2 is 2.00 bits per heavy atom. The minimum absolute atomic E-state index is 0.124. The molecule has 0 aliphatic heterocycles. The highest BCUT2D eigenvalue weighted by molar-refractivity contribution is 5.92. The maximum absolute atomic E-state index is 12.5. The first kappa shape index (κ1) is 17.8. The number of nitrogens with one attached hydrogen (secondary N) is 1. The predicted octanol–water partition coefficient (Wildman–Crippen LogP) is 3.09. The molecule has 8 nitrogen and oxygen atoms in total. The Morgan fingerprint density at radius 3 is 2.79 bits per heavy atom. The number of aryl methyl sites for hydroxylation is 2. The molecular formula is C20H20N6O2. The van der Waals surface area contributed by atoms with Crippen LogP contribution in [-0.2, 0) is 24.1 Å². The minimum Gasteiger partial charge on any atom is -0.334 e. The number of hydrogen-bond donors (Lipinski definition) is 1. The van der Waals surface area contributed by atoms with Gasteiger partial charge in [-0.15, -0.1) is 10.2 Å². The van der Waals surface area contributed by atoms with E-state index in [2.05, 4.69) is 32.6 Å². The van der Waals surface area contributed by atoms with Crippen molar-refractivity contribution in [1.29, 1.82) is 0 Å². The molecule has 0 unspecified atom stereocenters. The Balaban J connectivity index is 1.54. The SMILES string of the molecule is CCc1noc(-c2ccn3c(CC(=O)Nc4ccccc4CC)nnc3c2)n1. The van der Waals surface area contributed by atoms with Gasteiger partial charge in [0.15, 0.2) is 11.5 Å². The third-order valence-corrected chi connectivity index (χ3v) is 4.50. The number of anilines is 1. The zero-order valence-electron chi connectivity index (χ0n) is 15.7. The lowest BCUT2D eigenvalue weighted by Crippen LogP contribution is -2.17. The van der Waals surface area contributed by atoms with Crippen LogP contribution in [0.3, 0.4) is 0 Å². The number of carbonyl (C=O) groups excluding carboxylic acids is 1. The molecule has 4 rings (SSSR count). The summed E-state index contributed by atoms with van der Waals surface area (Å²) in [6.45, 7) is 4.02. The summed E-state index contributed by atoms with van der Waals surface area (Å²) in [6, 6.07) is 11.4. The zero-order valence-corrected chi connectivity index (χ0v) is 15.7. The second kappa shape index (κ2) is 7.59. The van der Waals surface area contributed by atoms with Crippen LogP contribution in [0.5, 0.6) is 0 Å². The second-order valence-corrected chi connectivity index (χ2v) is 6.36. The van der Waals surface area contributed by atoms with Crippen molar-refractivity contribution in [3.05, 3.63) is 59.8 Å². The number of carbonyl (C=O) groups is 1. The van der Waals surface area contributed by atoms with E-state index in [0.29, 0.717) is 29.6 Å². The average Bonchev–Trinajstić information content (AvgIpc) is 3.35. The molecule has 0 fully saturated rings. The van der Waals surface area contributed by atoms with Crippen LogP contribution in [0.2, 0.25) is 0 Å². The summed E-state index contributed by atoms with van der Waals surface area (Å²) in [5, 5.41) is 15.2. The number of benzene rings is 1. The molecule has 0 spiro atoms. The topological polar surface area (TPSA) is 98.2 Å². The summed E-state index contributed by atoms with van der Waals surface area (Å²) in [6.07, 6.45) is 3.49. The van der Waals surface area contributed by atoms with Crippen molar-refractivity contribution in [2.75, 3.05) is 5.32 Å². The summed E-state index contributed by atoms with van der Waals surface area (Å²) in [5.41, 5.74) is 3.30. The van der Waals surface area contributed by atoms with Crippen molar-refractivity contribution < 1.29 is 9.32 Å². The van der Waals surface area contributed by atoms with Gasteiger partial charge in [-0.1, -0.05) is 37.2 Å². The molecule has 4 aromatic rings. The van der Waals surface area contributed by atoms with E-state index in [-0.39, 0.29) is 12.3 Å². The van der Waals surface area contributed by atoms with Crippen LogP contribution < -0.4 is 5.32 Å². The van der Waals surface area contributed by atoms with E-state index in [1.807, 2.05) is 49.5 Å². The predicted molar refractivity (Wildman–Crippen MR) is 104 cm³/mol. The first-order chi connectivity index (χ1) is 13.7. The van der Waals surface area contributed by atoms with Gasteiger partial charge in [0.1, 0.15) is 5.82 Å². The Morgan fingerprint density at radius 1 is 1.14 bits per heavy atom. The van der Waals surface area contributed by atoms with Crippen LogP contribution in [0, 0.1) is 0 Å². The zero-order chi connectivity index (χ0) is 19.5. The molecule has 0 saturated heterocycles. The standard InChI is InChI=1S/C20H20N6O2/c1-3-13-7-5-6-8-15(13)21-19(27)12-18-24-23-17-11-14(9-10-26(17)18)20-22-16(4-2)25-28-20/h5-11H,3-4,12H2,1-2H3,(H,21,27). The fourth-order valence-electron chi connectivity index (χ4n) is 3.00. The molecule has 0 bridgehead atoms. The van der Waals surface area contributed by atoms with Crippen molar-refractivity contribution in [2.24, 2.45) is 0 Å². The van der Waals surface area contributed by atoms with Gasteiger partial charge >= 0.3 is 0 Å². The van der Waals surface area contributed by atoms with Crippen molar-refractivity contribution in [2.45, 2.75) is 33.1 Å². The van der Waals surface area contributed by atoms with E-state index in [9.17, 15) is 4.79 Å². The first-order valence-electron chi connectivity index (χ1n) is 9.22. The molecule has 0 aliphatic rings. The monoisotopic (exact) mass is 376 g/mol. The van der Waals surface area contributed by atoms with E-state index in [1.54, 1.807) is 4.40 Å². The fourth-order valence-corrected chi connectivity index (χ4v) is 3.00. The van der Waals surface area contributed by atoms with Crippen LogP contribution in [0.1, 0.15) is 31.1 Å². The molecule has 1 N–H and O–H groups in total. The highest BCUT2D eigenvalue weighted by Crippen LogP contribution is 2.20. The number of nitrogens with zero attached hydrogens (tertiary/aromatic N) is 5. The molecule has 3 heterocycles. The number of rotatable bonds is 6. The van der Waals surface area contributed by atoms with E-state index in [0.717, 1.165) is 23.2 Å². The van der Waals surface area contributed by atoms with Gasteiger partial charge in [-0.05, 0) is 30.2 Å². The summed E-state index contributed by atoms with van der Waals surface area (Å²) < 4.78 is 7.05. The number of pyridine rings is 1. The van der Waals surface area contributed by atoms with Crippen LogP contribution in [0.15, 0.2) is 47.1 Å². The van der Waals surface area contributed by atoms with Crippen LogP contribution in [-0.4, -0.2) is 30.6 Å². The van der Waals surface area contributed by atoms with Crippen LogP contribution in [0.25, 0.3) is 17.1 Å². The molecular weight excluding hydrogens is 356 g/mol. The first-order valence-corrected chi connectivity index (χ1v) is 9.22. The van der Waals surface area contributed by atoms with Gasteiger partial charge in [0, 0.05) is 23.9 Å². The third kappa shape index (κ3) is 3.48. The van der Waals surface area contributed by atoms with Gasteiger partial charge < -0.3 is 9.84 Å². The van der Waals surface area contributed by atoms with Gasteiger partial charge in [0.05, 0.1) is 6.42 Å². The van der Waals surface area contributed by atoms with E-state index in [1.165, 1.54) is 0 Å². The fraction of sp³-hybridized carbons (Fsp3) is 0.250. The summed E-state index contributed by atoms with van der Waals surface area (Å²) >= 11 is 0. The van der Waals surface area contributed by atoms with Crippen LogP contribution >= 0.6 is 0 Å². The van der Waals surface area contributed by atoms with Crippen LogP contribution in [0.4, 0.5) is 5.69 Å². The summed E-state index contributed by atoms with van der Waals surface area (Å²) in [7, 11) is 0. The highest BCUT2D eigenvalue weighted by atomic mass is 16.5. The lowest BCUT2D eigenvalue weighted by atomic mass is 10.1.